The van der Waals surface area contributed by atoms with E-state index in [0.29, 0.717) is 23.2 Å². The summed E-state index contributed by atoms with van der Waals surface area (Å²) in [5.41, 5.74) is -0.246. The van der Waals surface area contributed by atoms with Crippen molar-refractivity contribution in [1.29, 1.82) is 0 Å². The SMILES string of the molecule is COC(=O)c1ccc([C@H](C)NC(=O)c2c(C(F)(F)F)nn3c2N(Cc2ccc(F)cc2)CC3)cc1. The second kappa shape index (κ2) is 9.40. The maximum absolute atomic E-state index is 13.8. The molecule has 1 aromatic heterocycles. The Labute approximate surface area is 198 Å². The molecule has 1 amide bonds. The number of nitrogens with one attached hydrogen (secondary N) is 1. The van der Waals surface area contributed by atoms with Gasteiger partial charge in [-0.15, -0.1) is 0 Å². The normalized spacial score (nSPS) is 13.9. The average Bonchev–Trinajstić information content (AvgIpc) is 3.40. The number of aromatic nitrogens is 2. The van der Waals surface area contributed by atoms with E-state index in [4.69, 9.17) is 0 Å². The molecule has 1 aliphatic rings. The largest absolute Gasteiger partial charge is 0.465 e. The number of nitrogens with zero attached hydrogens (tertiary/aromatic N) is 3. The van der Waals surface area contributed by atoms with Crippen molar-refractivity contribution < 1.29 is 31.9 Å². The topological polar surface area (TPSA) is 76.5 Å². The summed E-state index contributed by atoms with van der Waals surface area (Å²) >= 11 is 0. The maximum Gasteiger partial charge on any atom is 0.436 e. The molecule has 0 radical (unpaired) electrons. The molecular formula is C24H22F4N4O3. The highest BCUT2D eigenvalue weighted by atomic mass is 19.4. The van der Waals surface area contributed by atoms with Crippen LogP contribution in [0.5, 0.6) is 0 Å². The van der Waals surface area contributed by atoms with E-state index < -0.39 is 41.2 Å². The minimum Gasteiger partial charge on any atom is -0.465 e. The lowest BCUT2D eigenvalue weighted by Crippen LogP contribution is -2.31. The molecule has 0 bridgehead atoms. The number of carbonyl (C=O) groups is 2. The zero-order valence-electron chi connectivity index (χ0n) is 18.9. The van der Waals surface area contributed by atoms with Crippen molar-refractivity contribution in [3.8, 4) is 0 Å². The summed E-state index contributed by atoms with van der Waals surface area (Å²) in [4.78, 5) is 26.4. The van der Waals surface area contributed by atoms with Crippen LogP contribution in [0.2, 0.25) is 0 Å². The zero-order chi connectivity index (χ0) is 25.3. The number of esters is 1. The lowest BCUT2D eigenvalue weighted by atomic mass is 10.1. The van der Waals surface area contributed by atoms with Gasteiger partial charge in [0.2, 0.25) is 0 Å². The smallest absolute Gasteiger partial charge is 0.436 e. The van der Waals surface area contributed by atoms with Gasteiger partial charge in [-0.05, 0) is 42.3 Å². The third-order valence-corrected chi connectivity index (χ3v) is 5.77. The van der Waals surface area contributed by atoms with Gasteiger partial charge in [0, 0.05) is 13.1 Å². The van der Waals surface area contributed by atoms with E-state index >= 15 is 0 Å². The number of carbonyl (C=O) groups excluding carboxylic acids is 2. The van der Waals surface area contributed by atoms with Crippen molar-refractivity contribution in [2.75, 3.05) is 18.6 Å². The van der Waals surface area contributed by atoms with Crippen LogP contribution < -0.4 is 10.2 Å². The Morgan fingerprint density at radius 2 is 1.74 bits per heavy atom. The van der Waals surface area contributed by atoms with Crippen molar-refractivity contribution in [3.63, 3.8) is 0 Å². The Morgan fingerprint density at radius 3 is 2.34 bits per heavy atom. The van der Waals surface area contributed by atoms with Gasteiger partial charge in [0.05, 0.1) is 25.3 Å². The Balaban J connectivity index is 1.62. The summed E-state index contributed by atoms with van der Waals surface area (Å²) in [6.45, 7) is 2.34. The highest BCUT2D eigenvalue weighted by molar-refractivity contribution is 6.01. The summed E-state index contributed by atoms with van der Waals surface area (Å²) in [7, 11) is 1.25. The number of benzene rings is 2. The molecule has 1 N–H and O–H groups in total. The summed E-state index contributed by atoms with van der Waals surface area (Å²) in [6, 6.07) is 11.2. The van der Waals surface area contributed by atoms with Crippen LogP contribution in [0.4, 0.5) is 23.4 Å². The Bertz CT molecular complexity index is 1240. The van der Waals surface area contributed by atoms with Gasteiger partial charge in [0.1, 0.15) is 17.2 Å². The average molecular weight is 490 g/mol. The van der Waals surface area contributed by atoms with Gasteiger partial charge in [-0.3, -0.25) is 4.79 Å². The number of fused-ring (bicyclic) bond motifs is 1. The minimum absolute atomic E-state index is 0.0624. The number of methoxy groups -OCH3 is 1. The van der Waals surface area contributed by atoms with E-state index in [-0.39, 0.29) is 18.9 Å². The first-order chi connectivity index (χ1) is 16.6. The molecule has 3 aromatic rings. The van der Waals surface area contributed by atoms with Crippen molar-refractivity contribution in [2.45, 2.75) is 32.2 Å². The van der Waals surface area contributed by atoms with Crippen molar-refractivity contribution in [2.24, 2.45) is 0 Å². The Kier molecular flexibility index (Phi) is 6.51. The molecule has 7 nitrogen and oxygen atoms in total. The molecule has 0 spiro atoms. The number of rotatable bonds is 6. The van der Waals surface area contributed by atoms with Crippen LogP contribution in [0.25, 0.3) is 0 Å². The number of hydrogen-bond acceptors (Lipinski definition) is 5. The lowest BCUT2D eigenvalue weighted by molar-refractivity contribution is -0.141. The lowest BCUT2D eigenvalue weighted by Gasteiger charge is -2.21. The number of alkyl halides is 3. The molecule has 1 atom stereocenters. The Morgan fingerprint density at radius 1 is 1.09 bits per heavy atom. The highest BCUT2D eigenvalue weighted by Gasteiger charge is 2.44. The van der Waals surface area contributed by atoms with Crippen LogP contribution in [0.15, 0.2) is 48.5 Å². The van der Waals surface area contributed by atoms with Crippen LogP contribution in [-0.4, -0.2) is 35.3 Å². The fourth-order valence-electron chi connectivity index (χ4n) is 4.00. The van der Waals surface area contributed by atoms with E-state index in [1.54, 1.807) is 36.1 Å². The molecule has 11 heteroatoms. The minimum atomic E-state index is -4.84. The van der Waals surface area contributed by atoms with E-state index in [2.05, 4.69) is 15.2 Å². The van der Waals surface area contributed by atoms with Crippen LogP contribution in [0.3, 0.4) is 0 Å². The second-order valence-corrected chi connectivity index (χ2v) is 8.12. The molecule has 2 aromatic carbocycles. The Hall–Kier alpha value is -3.89. The predicted molar refractivity (Wildman–Crippen MR) is 118 cm³/mol. The van der Waals surface area contributed by atoms with Gasteiger partial charge >= 0.3 is 12.1 Å². The van der Waals surface area contributed by atoms with E-state index in [0.717, 1.165) is 0 Å². The third kappa shape index (κ3) is 4.98. The number of hydrogen-bond donors (Lipinski definition) is 1. The molecule has 0 aliphatic carbocycles. The van der Waals surface area contributed by atoms with Crippen LogP contribution >= 0.6 is 0 Å². The molecular weight excluding hydrogens is 468 g/mol. The van der Waals surface area contributed by atoms with Gasteiger partial charge in [0.15, 0.2) is 5.69 Å². The predicted octanol–water partition coefficient (Wildman–Crippen LogP) is 4.34. The molecule has 0 saturated carbocycles. The molecule has 0 fully saturated rings. The van der Waals surface area contributed by atoms with Crippen molar-refractivity contribution in [1.82, 2.24) is 15.1 Å². The summed E-state index contributed by atoms with van der Waals surface area (Å²) in [6.07, 6.45) is -4.84. The van der Waals surface area contributed by atoms with E-state index in [1.807, 2.05) is 0 Å². The zero-order valence-corrected chi connectivity index (χ0v) is 18.9. The molecule has 2 heterocycles. The van der Waals surface area contributed by atoms with Gasteiger partial charge < -0.3 is 15.0 Å². The van der Waals surface area contributed by atoms with Gasteiger partial charge in [-0.1, -0.05) is 24.3 Å². The van der Waals surface area contributed by atoms with Crippen LogP contribution in [0.1, 0.15) is 50.5 Å². The van der Waals surface area contributed by atoms with E-state index in [9.17, 15) is 27.2 Å². The quantitative estimate of drug-likeness (QED) is 0.411. The van der Waals surface area contributed by atoms with Crippen molar-refractivity contribution >= 4 is 17.7 Å². The first kappa shape index (κ1) is 24.2. The molecule has 0 saturated heterocycles. The first-order valence-corrected chi connectivity index (χ1v) is 10.7. The highest BCUT2D eigenvalue weighted by Crippen LogP contribution is 2.38. The fourth-order valence-corrected chi connectivity index (χ4v) is 4.00. The standard InChI is InChI=1S/C24H22F4N4O3/c1-14(16-5-7-17(8-6-16)23(34)35-2)29-21(33)19-20(24(26,27)28)30-32-12-11-31(22(19)32)13-15-3-9-18(25)10-4-15/h3-10,14H,11-13H2,1-2H3,(H,29,33)/t14-/m0/s1. The first-order valence-electron chi connectivity index (χ1n) is 10.7. The second-order valence-electron chi connectivity index (χ2n) is 8.12. The van der Waals surface area contributed by atoms with Crippen LogP contribution in [0, 0.1) is 5.82 Å². The maximum atomic E-state index is 13.8. The molecule has 4 rings (SSSR count). The fraction of sp³-hybridized carbons (Fsp3) is 0.292. The number of ether oxygens (including phenoxy) is 1. The third-order valence-electron chi connectivity index (χ3n) is 5.77. The van der Waals surface area contributed by atoms with Gasteiger partial charge in [-0.25, -0.2) is 13.9 Å². The number of amides is 1. The van der Waals surface area contributed by atoms with Gasteiger partial charge in [0.25, 0.3) is 5.91 Å². The summed E-state index contributed by atoms with van der Waals surface area (Å²) in [5, 5.41) is 6.30. The monoisotopic (exact) mass is 490 g/mol. The summed E-state index contributed by atoms with van der Waals surface area (Å²) in [5.74, 6) is -1.81. The van der Waals surface area contributed by atoms with E-state index in [1.165, 1.54) is 36.1 Å². The van der Waals surface area contributed by atoms with Crippen LogP contribution in [-0.2, 0) is 24.0 Å². The number of halogens is 4. The molecule has 0 unspecified atom stereocenters. The molecule has 184 valence electrons. The van der Waals surface area contributed by atoms with Gasteiger partial charge in [-0.2, -0.15) is 18.3 Å². The molecule has 1 aliphatic heterocycles. The molecule has 35 heavy (non-hydrogen) atoms. The van der Waals surface area contributed by atoms with Crippen molar-refractivity contribution in [3.05, 3.63) is 82.3 Å². The summed E-state index contributed by atoms with van der Waals surface area (Å²) < 4.78 is 60.5. The number of anilines is 1.